The number of carbonyl (C=O) groups excluding carboxylic acids is 1. The van der Waals surface area contributed by atoms with Crippen molar-refractivity contribution >= 4 is 39.3 Å². The fraction of sp³-hybridized carbons (Fsp3) is 0.250. The summed E-state index contributed by atoms with van der Waals surface area (Å²) in [5.41, 5.74) is 3.12. The first-order chi connectivity index (χ1) is 18.7. The van der Waals surface area contributed by atoms with E-state index < -0.39 is 0 Å². The Morgan fingerprint density at radius 2 is 1.66 bits per heavy atom. The third-order valence-electron chi connectivity index (χ3n) is 6.73. The summed E-state index contributed by atoms with van der Waals surface area (Å²) in [5, 5.41) is 6.02. The number of benzene rings is 4. The van der Waals surface area contributed by atoms with Gasteiger partial charge in [-0.3, -0.25) is 4.79 Å². The number of hydrogen-bond donors (Lipinski definition) is 1. The van der Waals surface area contributed by atoms with Crippen LogP contribution >= 0.6 is 11.6 Å². The SMILES string of the molecule is O=C(Cc1ccc(Cl)cc1)NCCCCCc1nc2ccccc2n1CCOc1cccc2ccccc12. The third-order valence-corrected chi connectivity index (χ3v) is 6.98. The molecule has 4 aromatic carbocycles. The summed E-state index contributed by atoms with van der Waals surface area (Å²) in [6.45, 7) is 1.99. The topological polar surface area (TPSA) is 56.2 Å². The Morgan fingerprint density at radius 3 is 2.55 bits per heavy atom. The minimum absolute atomic E-state index is 0.0420. The second-order valence-corrected chi connectivity index (χ2v) is 9.89. The quantitative estimate of drug-likeness (QED) is 0.178. The van der Waals surface area contributed by atoms with E-state index in [0.717, 1.165) is 65.8 Å². The average Bonchev–Trinajstić information content (AvgIpc) is 3.29. The number of hydrogen-bond acceptors (Lipinski definition) is 3. The summed E-state index contributed by atoms with van der Waals surface area (Å²) in [6.07, 6.45) is 4.25. The van der Waals surface area contributed by atoms with Gasteiger partial charge in [-0.1, -0.05) is 78.7 Å². The molecule has 0 aliphatic heterocycles. The Bertz CT molecular complexity index is 1510. The summed E-state index contributed by atoms with van der Waals surface area (Å²) in [4.78, 5) is 17.1. The van der Waals surface area contributed by atoms with Gasteiger partial charge in [0.2, 0.25) is 5.91 Å². The van der Waals surface area contributed by atoms with Crippen LogP contribution in [0.3, 0.4) is 0 Å². The highest BCUT2D eigenvalue weighted by molar-refractivity contribution is 6.30. The van der Waals surface area contributed by atoms with Gasteiger partial charge < -0.3 is 14.6 Å². The van der Waals surface area contributed by atoms with Crippen molar-refractivity contribution in [2.75, 3.05) is 13.2 Å². The van der Waals surface area contributed by atoms with Crippen LogP contribution in [0.4, 0.5) is 0 Å². The van der Waals surface area contributed by atoms with E-state index in [0.29, 0.717) is 24.6 Å². The highest BCUT2D eigenvalue weighted by atomic mass is 35.5. The molecule has 1 N–H and O–H groups in total. The molecule has 5 aromatic rings. The maximum atomic E-state index is 12.2. The van der Waals surface area contributed by atoms with Crippen LogP contribution in [-0.2, 0) is 24.2 Å². The number of fused-ring (bicyclic) bond motifs is 2. The fourth-order valence-corrected chi connectivity index (χ4v) is 4.92. The van der Waals surface area contributed by atoms with E-state index in [1.165, 1.54) is 5.39 Å². The van der Waals surface area contributed by atoms with Crippen molar-refractivity contribution in [1.82, 2.24) is 14.9 Å². The van der Waals surface area contributed by atoms with Crippen LogP contribution in [0.1, 0.15) is 30.7 Å². The number of ether oxygens (including phenoxy) is 1. The lowest BCUT2D eigenvalue weighted by Crippen LogP contribution is -2.26. The molecule has 0 fully saturated rings. The van der Waals surface area contributed by atoms with Crippen molar-refractivity contribution < 1.29 is 9.53 Å². The van der Waals surface area contributed by atoms with Gasteiger partial charge in [-0.15, -0.1) is 0 Å². The van der Waals surface area contributed by atoms with Crippen LogP contribution in [0.15, 0.2) is 91.0 Å². The summed E-state index contributed by atoms with van der Waals surface area (Å²) in [5.74, 6) is 2.03. The van der Waals surface area contributed by atoms with E-state index >= 15 is 0 Å². The number of aryl methyl sites for hydroxylation is 1. The monoisotopic (exact) mass is 525 g/mol. The number of carbonyl (C=O) groups is 1. The van der Waals surface area contributed by atoms with Gasteiger partial charge in [-0.25, -0.2) is 4.98 Å². The van der Waals surface area contributed by atoms with E-state index in [9.17, 15) is 4.79 Å². The van der Waals surface area contributed by atoms with E-state index in [-0.39, 0.29) is 5.91 Å². The standard InChI is InChI=1S/C32H32ClN3O2/c33-26-18-16-24(17-19-26)23-32(37)34-20-7-1-2-15-31-35-28-12-5-6-13-29(28)36(31)21-22-38-30-14-8-10-25-9-3-4-11-27(25)30/h3-6,8-14,16-19H,1-2,7,15,20-23H2,(H,34,37). The van der Waals surface area contributed by atoms with Crippen LogP contribution < -0.4 is 10.1 Å². The fourth-order valence-electron chi connectivity index (χ4n) is 4.80. The first kappa shape index (κ1) is 25.8. The number of halogens is 1. The minimum Gasteiger partial charge on any atom is -0.491 e. The molecule has 0 saturated carbocycles. The van der Waals surface area contributed by atoms with Crippen molar-refractivity contribution in [2.45, 2.75) is 38.6 Å². The summed E-state index contributed by atoms with van der Waals surface area (Å²) >= 11 is 5.91. The van der Waals surface area contributed by atoms with E-state index in [1.807, 2.05) is 54.6 Å². The third kappa shape index (κ3) is 6.53. The van der Waals surface area contributed by atoms with Gasteiger partial charge in [0.25, 0.3) is 0 Å². The number of amides is 1. The van der Waals surface area contributed by atoms with Gasteiger partial charge in [-0.05, 0) is 54.1 Å². The lowest BCUT2D eigenvalue weighted by Gasteiger charge is -2.12. The molecule has 1 amide bonds. The van der Waals surface area contributed by atoms with Crippen molar-refractivity contribution in [3.8, 4) is 5.75 Å². The largest absolute Gasteiger partial charge is 0.491 e. The average molecular weight is 526 g/mol. The lowest BCUT2D eigenvalue weighted by molar-refractivity contribution is -0.120. The van der Waals surface area contributed by atoms with E-state index in [1.54, 1.807) is 0 Å². The molecule has 0 atom stereocenters. The maximum Gasteiger partial charge on any atom is 0.224 e. The van der Waals surface area contributed by atoms with Crippen LogP contribution in [0, 0.1) is 0 Å². The van der Waals surface area contributed by atoms with Crippen LogP contribution in [0.5, 0.6) is 5.75 Å². The van der Waals surface area contributed by atoms with Crippen molar-refractivity contribution in [1.29, 1.82) is 0 Å². The molecule has 38 heavy (non-hydrogen) atoms. The van der Waals surface area contributed by atoms with Gasteiger partial charge in [0, 0.05) is 23.4 Å². The lowest BCUT2D eigenvalue weighted by atomic mass is 10.1. The Balaban J connectivity index is 1.12. The molecule has 1 aromatic heterocycles. The number of rotatable bonds is 12. The maximum absolute atomic E-state index is 12.2. The Morgan fingerprint density at radius 1 is 0.868 bits per heavy atom. The molecule has 0 saturated heterocycles. The Kier molecular flexibility index (Phi) is 8.56. The first-order valence-corrected chi connectivity index (χ1v) is 13.6. The van der Waals surface area contributed by atoms with Gasteiger partial charge in [0.15, 0.2) is 0 Å². The number of para-hydroxylation sites is 2. The van der Waals surface area contributed by atoms with Gasteiger partial charge in [-0.2, -0.15) is 0 Å². The molecule has 0 aliphatic carbocycles. The van der Waals surface area contributed by atoms with Crippen molar-refractivity contribution in [3.05, 3.63) is 107 Å². The number of aromatic nitrogens is 2. The van der Waals surface area contributed by atoms with Gasteiger partial charge in [0.05, 0.1) is 24.0 Å². The predicted octanol–water partition coefficient (Wildman–Crippen LogP) is 6.99. The highest BCUT2D eigenvalue weighted by Gasteiger charge is 2.11. The molecule has 0 unspecified atom stereocenters. The normalized spacial score (nSPS) is 11.2. The molecule has 0 bridgehead atoms. The van der Waals surface area contributed by atoms with Crippen molar-refractivity contribution in [3.63, 3.8) is 0 Å². The smallest absolute Gasteiger partial charge is 0.224 e. The zero-order valence-corrected chi connectivity index (χ0v) is 22.2. The number of unbranched alkanes of at least 4 members (excludes halogenated alkanes) is 2. The first-order valence-electron chi connectivity index (χ1n) is 13.2. The number of nitrogens with one attached hydrogen (secondary N) is 1. The van der Waals surface area contributed by atoms with Crippen LogP contribution in [0.2, 0.25) is 5.02 Å². The Labute approximate surface area is 228 Å². The van der Waals surface area contributed by atoms with Gasteiger partial charge in [0.1, 0.15) is 18.2 Å². The van der Waals surface area contributed by atoms with Crippen molar-refractivity contribution in [2.24, 2.45) is 0 Å². The highest BCUT2D eigenvalue weighted by Crippen LogP contribution is 2.25. The molecule has 6 heteroatoms. The molecule has 0 aliphatic rings. The molecule has 5 rings (SSSR count). The Hall–Kier alpha value is -3.83. The van der Waals surface area contributed by atoms with Gasteiger partial charge >= 0.3 is 0 Å². The second-order valence-electron chi connectivity index (χ2n) is 9.46. The summed E-state index contributed by atoms with van der Waals surface area (Å²) < 4.78 is 8.52. The molecular formula is C32H32ClN3O2. The molecule has 194 valence electrons. The number of nitrogens with zero attached hydrogens (tertiary/aromatic N) is 2. The molecule has 1 heterocycles. The molecule has 5 nitrogen and oxygen atoms in total. The minimum atomic E-state index is 0.0420. The zero-order valence-electron chi connectivity index (χ0n) is 21.4. The summed E-state index contributed by atoms with van der Waals surface area (Å²) in [6, 6.07) is 30.2. The van der Waals surface area contributed by atoms with Crippen LogP contribution in [0.25, 0.3) is 21.8 Å². The molecule has 0 spiro atoms. The second kappa shape index (κ2) is 12.6. The molecule has 0 radical (unpaired) electrons. The van der Waals surface area contributed by atoms with E-state index in [2.05, 4.69) is 46.3 Å². The van der Waals surface area contributed by atoms with Crippen LogP contribution in [-0.4, -0.2) is 28.6 Å². The summed E-state index contributed by atoms with van der Waals surface area (Å²) in [7, 11) is 0. The number of imidazole rings is 1. The molecular weight excluding hydrogens is 494 g/mol. The zero-order chi connectivity index (χ0) is 26.2. The van der Waals surface area contributed by atoms with E-state index in [4.69, 9.17) is 21.3 Å². The predicted molar refractivity (Wildman–Crippen MR) is 155 cm³/mol.